The normalized spacial score (nSPS) is 11.4. The van der Waals surface area contributed by atoms with E-state index in [0.717, 1.165) is 23.6 Å². The minimum Gasteiger partial charge on any atom is -0.241 e. The summed E-state index contributed by atoms with van der Waals surface area (Å²) in [5.74, 6) is 1.24. The van der Waals surface area contributed by atoms with E-state index in [9.17, 15) is 0 Å². The highest BCUT2D eigenvalue weighted by Crippen LogP contribution is 2.10. The molecule has 0 aliphatic carbocycles. The Morgan fingerprint density at radius 3 is 2.86 bits per heavy atom. The molecular weight excluding hydrogens is 176 g/mol. The highest BCUT2D eigenvalue weighted by Gasteiger charge is 2.07. The summed E-state index contributed by atoms with van der Waals surface area (Å²) in [6, 6.07) is 1.98. The Kier molecular flexibility index (Phi) is 2.19. The molecule has 0 aliphatic heterocycles. The van der Waals surface area contributed by atoms with Gasteiger partial charge in [0.1, 0.15) is 6.33 Å². The third-order valence-electron chi connectivity index (χ3n) is 2.18. The zero-order valence-corrected chi connectivity index (χ0v) is 8.73. The van der Waals surface area contributed by atoms with Gasteiger partial charge in [0.15, 0.2) is 11.5 Å². The van der Waals surface area contributed by atoms with Gasteiger partial charge in [-0.1, -0.05) is 20.8 Å². The molecule has 0 fully saturated rings. The summed E-state index contributed by atoms with van der Waals surface area (Å²) in [7, 11) is 0. The molecule has 0 saturated heterocycles. The predicted molar refractivity (Wildman–Crippen MR) is 54.2 cm³/mol. The summed E-state index contributed by atoms with van der Waals surface area (Å²) in [6.07, 6.45) is 2.66. The molecule has 2 aromatic rings. The van der Waals surface area contributed by atoms with Gasteiger partial charge < -0.3 is 0 Å². The third kappa shape index (κ3) is 1.47. The van der Waals surface area contributed by atoms with Crippen molar-refractivity contribution >= 4 is 5.65 Å². The second-order valence-corrected chi connectivity index (χ2v) is 3.66. The van der Waals surface area contributed by atoms with E-state index >= 15 is 0 Å². The Hall–Kier alpha value is -1.45. The largest absolute Gasteiger partial charge is 0.241 e. The van der Waals surface area contributed by atoms with Crippen molar-refractivity contribution in [2.75, 3.05) is 0 Å². The van der Waals surface area contributed by atoms with Crippen LogP contribution in [-0.4, -0.2) is 19.6 Å². The van der Waals surface area contributed by atoms with Crippen LogP contribution in [0.25, 0.3) is 5.65 Å². The first-order chi connectivity index (χ1) is 6.70. The van der Waals surface area contributed by atoms with E-state index in [-0.39, 0.29) is 0 Å². The molecule has 0 amide bonds. The summed E-state index contributed by atoms with van der Waals surface area (Å²) < 4.78 is 1.73. The van der Waals surface area contributed by atoms with Crippen molar-refractivity contribution in [1.82, 2.24) is 19.6 Å². The van der Waals surface area contributed by atoms with Gasteiger partial charge in [-0.15, -0.1) is 5.10 Å². The van der Waals surface area contributed by atoms with Gasteiger partial charge in [-0.05, 0) is 6.42 Å². The first-order valence-corrected chi connectivity index (χ1v) is 4.92. The molecule has 2 rings (SSSR count). The lowest BCUT2D eigenvalue weighted by Crippen LogP contribution is -1.94. The van der Waals surface area contributed by atoms with Gasteiger partial charge in [-0.25, -0.2) is 14.5 Å². The molecule has 0 unspecified atom stereocenters. The molecule has 0 aliphatic rings. The molecule has 0 spiro atoms. The highest BCUT2D eigenvalue weighted by atomic mass is 15.3. The molecule has 0 bridgehead atoms. The second kappa shape index (κ2) is 3.36. The standard InChI is InChI=1S/C10H14N4/c1-4-8-5-9-12-10(7(2)3)13-14(9)6-11-8/h5-7H,4H2,1-3H3. The van der Waals surface area contributed by atoms with Gasteiger partial charge in [-0.2, -0.15) is 0 Å². The number of aryl methyl sites for hydroxylation is 1. The zero-order chi connectivity index (χ0) is 10.1. The lowest BCUT2D eigenvalue weighted by atomic mass is 10.2. The van der Waals surface area contributed by atoms with E-state index in [0.29, 0.717) is 5.92 Å². The first-order valence-electron chi connectivity index (χ1n) is 4.92. The smallest absolute Gasteiger partial charge is 0.159 e. The van der Waals surface area contributed by atoms with Crippen molar-refractivity contribution in [2.24, 2.45) is 0 Å². The van der Waals surface area contributed by atoms with Crippen LogP contribution in [0.5, 0.6) is 0 Å². The Morgan fingerprint density at radius 2 is 2.21 bits per heavy atom. The van der Waals surface area contributed by atoms with E-state index in [1.165, 1.54) is 0 Å². The summed E-state index contributed by atoms with van der Waals surface area (Å²) in [5.41, 5.74) is 1.95. The lowest BCUT2D eigenvalue weighted by molar-refractivity contribution is 0.760. The average molecular weight is 190 g/mol. The van der Waals surface area contributed by atoms with Crippen molar-refractivity contribution in [3.63, 3.8) is 0 Å². The molecule has 74 valence electrons. The Balaban J connectivity index is 2.54. The number of hydrogen-bond donors (Lipinski definition) is 0. The van der Waals surface area contributed by atoms with Gasteiger partial charge in [0.25, 0.3) is 0 Å². The van der Waals surface area contributed by atoms with Crippen LogP contribution >= 0.6 is 0 Å². The maximum absolute atomic E-state index is 4.43. The van der Waals surface area contributed by atoms with E-state index in [1.807, 2.05) is 6.07 Å². The van der Waals surface area contributed by atoms with Crippen LogP contribution in [0.1, 0.15) is 38.2 Å². The van der Waals surface area contributed by atoms with Gasteiger partial charge in [-0.3, -0.25) is 0 Å². The number of fused-ring (bicyclic) bond motifs is 1. The fourth-order valence-electron chi connectivity index (χ4n) is 1.29. The van der Waals surface area contributed by atoms with E-state index in [1.54, 1.807) is 10.8 Å². The fraction of sp³-hybridized carbons (Fsp3) is 0.500. The van der Waals surface area contributed by atoms with Crippen LogP contribution in [-0.2, 0) is 6.42 Å². The molecule has 0 saturated carbocycles. The maximum Gasteiger partial charge on any atom is 0.159 e. The molecule has 4 heteroatoms. The van der Waals surface area contributed by atoms with Crippen molar-refractivity contribution in [1.29, 1.82) is 0 Å². The first kappa shape index (κ1) is 9.12. The van der Waals surface area contributed by atoms with Crippen LogP contribution in [0.2, 0.25) is 0 Å². The van der Waals surface area contributed by atoms with Crippen LogP contribution < -0.4 is 0 Å². The zero-order valence-electron chi connectivity index (χ0n) is 8.73. The van der Waals surface area contributed by atoms with Crippen LogP contribution in [0, 0.1) is 0 Å². The van der Waals surface area contributed by atoms with E-state index in [4.69, 9.17) is 0 Å². The molecule has 4 nitrogen and oxygen atoms in total. The Bertz CT molecular complexity index is 444. The molecule has 0 aromatic carbocycles. The number of nitrogens with zero attached hydrogens (tertiary/aromatic N) is 4. The number of hydrogen-bond acceptors (Lipinski definition) is 3. The molecule has 0 radical (unpaired) electrons. The van der Waals surface area contributed by atoms with E-state index < -0.39 is 0 Å². The van der Waals surface area contributed by atoms with Gasteiger partial charge in [0, 0.05) is 17.7 Å². The molecule has 2 heterocycles. The summed E-state index contributed by atoms with van der Waals surface area (Å²) in [6.45, 7) is 6.25. The average Bonchev–Trinajstić information content (AvgIpc) is 2.59. The molecule has 0 N–H and O–H groups in total. The molecule has 0 atom stereocenters. The molecule has 2 aromatic heterocycles. The highest BCUT2D eigenvalue weighted by molar-refractivity contribution is 5.38. The van der Waals surface area contributed by atoms with Gasteiger partial charge in [0.05, 0.1) is 0 Å². The Morgan fingerprint density at radius 1 is 1.43 bits per heavy atom. The second-order valence-electron chi connectivity index (χ2n) is 3.66. The Labute approximate surface area is 83.0 Å². The van der Waals surface area contributed by atoms with Crippen molar-refractivity contribution in [2.45, 2.75) is 33.1 Å². The number of aromatic nitrogens is 4. The third-order valence-corrected chi connectivity index (χ3v) is 2.18. The van der Waals surface area contributed by atoms with Gasteiger partial charge >= 0.3 is 0 Å². The quantitative estimate of drug-likeness (QED) is 0.725. The summed E-state index contributed by atoms with van der Waals surface area (Å²) in [5, 5.41) is 4.33. The predicted octanol–water partition coefficient (Wildman–Crippen LogP) is 1.81. The SMILES string of the molecule is CCc1cc2nc(C(C)C)nn2cn1. The van der Waals surface area contributed by atoms with Gasteiger partial charge in [0.2, 0.25) is 0 Å². The van der Waals surface area contributed by atoms with Crippen LogP contribution in [0.3, 0.4) is 0 Å². The van der Waals surface area contributed by atoms with Crippen molar-refractivity contribution in [3.8, 4) is 0 Å². The number of rotatable bonds is 2. The molecule has 14 heavy (non-hydrogen) atoms. The summed E-state index contributed by atoms with van der Waals surface area (Å²) in [4.78, 5) is 8.69. The van der Waals surface area contributed by atoms with Crippen LogP contribution in [0.15, 0.2) is 12.4 Å². The van der Waals surface area contributed by atoms with E-state index in [2.05, 4.69) is 35.8 Å². The minimum atomic E-state index is 0.361. The topological polar surface area (TPSA) is 43.1 Å². The van der Waals surface area contributed by atoms with Crippen molar-refractivity contribution < 1.29 is 0 Å². The molecular formula is C10H14N4. The monoisotopic (exact) mass is 190 g/mol. The summed E-state index contributed by atoms with van der Waals surface area (Å²) >= 11 is 0. The maximum atomic E-state index is 4.43. The van der Waals surface area contributed by atoms with Crippen LogP contribution in [0.4, 0.5) is 0 Å². The van der Waals surface area contributed by atoms with Crippen molar-refractivity contribution in [3.05, 3.63) is 23.9 Å². The fourth-order valence-corrected chi connectivity index (χ4v) is 1.29. The lowest BCUT2D eigenvalue weighted by Gasteiger charge is -1.94. The minimum absolute atomic E-state index is 0.361.